The first-order chi connectivity index (χ1) is 22.8. The highest BCUT2D eigenvalue weighted by atomic mass is 35.5. The van der Waals surface area contributed by atoms with Crippen LogP contribution in [0.25, 0.3) is 0 Å². The van der Waals surface area contributed by atoms with Gasteiger partial charge in [0.15, 0.2) is 11.5 Å². The van der Waals surface area contributed by atoms with Crippen LogP contribution in [0.15, 0.2) is 95.9 Å². The summed E-state index contributed by atoms with van der Waals surface area (Å²) in [5.74, 6) is -0.544. The van der Waals surface area contributed by atoms with Gasteiger partial charge in [-0.2, -0.15) is 0 Å². The average molecular weight is 733 g/mol. The summed E-state index contributed by atoms with van der Waals surface area (Å²) in [7, 11) is -1.57. The van der Waals surface area contributed by atoms with Crippen LogP contribution < -0.4 is 19.1 Å². The fourth-order valence-electron chi connectivity index (χ4n) is 5.01. The molecular formula is C35H36Cl3N3O6S. The predicted octanol–water partition coefficient (Wildman–Crippen LogP) is 7.02. The van der Waals surface area contributed by atoms with Crippen LogP contribution >= 0.6 is 34.8 Å². The standard InChI is InChI=1S/C35H36Cl3N3O6S/c1-23(2)39-35(43)31(18-24-8-6-5-7-9-24)40(21-25-10-11-27(37)19-30(25)38)34(42)22-41(28-14-12-26(36)13-15-28)48(44,45)29-16-17-32(46-3)33(20-29)47-4/h5-17,19-20,23,31H,18,21-22H2,1-4H3,(H,39,43). The quantitative estimate of drug-likeness (QED) is 0.149. The minimum absolute atomic E-state index is 0.108. The molecule has 0 aliphatic rings. The molecule has 0 aromatic heterocycles. The molecule has 0 aliphatic heterocycles. The van der Waals surface area contributed by atoms with Crippen molar-refractivity contribution in [2.75, 3.05) is 25.1 Å². The number of amides is 2. The summed E-state index contributed by atoms with van der Waals surface area (Å²) in [4.78, 5) is 29.7. The van der Waals surface area contributed by atoms with Crippen LogP contribution in [0.5, 0.6) is 11.5 Å². The molecule has 9 nitrogen and oxygen atoms in total. The van der Waals surface area contributed by atoms with E-state index in [0.29, 0.717) is 21.4 Å². The monoisotopic (exact) mass is 731 g/mol. The predicted molar refractivity (Wildman–Crippen MR) is 190 cm³/mol. The van der Waals surface area contributed by atoms with E-state index in [0.717, 1.165) is 9.87 Å². The molecule has 0 bridgehead atoms. The smallest absolute Gasteiger partial charge is 0.264 e. The number of rotatable bonds is 14. The van der Waals surface area contributed by atoms with Gasteiger partial charge in [0.2, 0.25) is 11.8 Å². The number of carbonyl (C=O) groups is 2. The number of ether oxygens (including phenoxy) is 2. The van der Waals surface area contributed by atoms with Crippen molar-refractivity contribution in [3.8, 4) is 11.5 Å². The summed E-state index contributed by atoms with van der Waals surface area (Å²) in [6.45, 7) is 2.86. The van der Waals surface area contributed by atoms with E-state index >= 15 is 0 Å². The van der Waals surface area contributed by atoms with Crippen LogP contribution in [-0.2, 0) is 32.6 Å². The third-order valence-electron chi connectivity index (χ3n) is 7.39. The Kier molecular flexibility index (Phi) is 12.6. The number of methoxy groups -OCH3 is 2. The Labute approximate surface area is 296 Å². The van der Waals surface area contributed by atoms with Gasteiger partial charge >= 0.3 is 0 Å². The van der Waals surface area contributed by atoms with Crippen LogP contribution in [0.1, 0.15) is 25.0 Å². The lowest BCUT2D eigenvalue weighted by molar-refractivity contribution is -0.140. The van der Waals surface area contributed by atoms with Gasteiger partial charge in [0.1, 0.15) is 12.6 Å². The van der Waals surface area contributed by atoms with Crippen LogP contribution in [-0.4, -0.2) is 58.0 Å². The molecule has 1 atom stereocenters. The van der Waals surface area contributed by atoms with Gasteiger partial charge in [-0.15, -0.1) is 0 Å². The van der Waals surface area contributed by atoms with E-state index in [1.807, 2.05) is 44.2 Å². The molecule has 1 unspecified atom stereocenters. The van der Waals surface area contributed by atoms with E-state index in [1.54, 1.807) is 18.2 Å². The number of carbonyl (C=O) groups excluding carboxylic acids is 2. The Morgan fingerprint density at radius 1 is 0.812 bits per heavy atom. The fraction of sp³-hybridized carbons (Fsp3) is 0.257. The normalized spacial score (nSPS) is 11.9. The highest BCUT2D eigenvalue weighted by molar-refractivity contribution is 7.92. The Morgan fingerprint density at radius 3 is 2.06 bits per heavy atom. The Bertz CT molecular complexity index is 1840. The Morgan fingerprint density at radius 2 is 1.46 bits per heavy atom. The molecule has 4 rings (SSSR count). The van der Waals surface area contributed by atoms with Crippen LogP contribution in [0.2, 0.25) is 15.1 Å². The van der Waals surface area contributed by atoms with Crippen molar-refractivity contribution in [3.05, 3.63) is 117 Å². The number of nitrogens with zero attached hydrogens (tertiary/aromatic N) is 2. The number of nitrogens with one attached hydrogen (secondary N) is 1. The van der Waals surface area contributed by atoms with Gasteiger partial charge < -0.3 is 19.7 Å². The van der Waals surface area contributed by atoms with Crippen molar-refractivity contribution in [2.24, 2.45) is 0 Å². The number of benzene rings is 4. The second-order valence-corrected chi connectivity index (χ2v) is 14.3. The first kappa shape index (κ1) is 36.9. The van der Waals surface area contributed by atoms with Gasteiger partial charge in [0.25, 0.3) is 10.0 Å². The summed E-state index contributed by atoms with van der Waals surface area (Å²) in [5, 5.41) is 3.98. The molecule has 4 aromatic rings. The molecular weight excluding hydrogens is 697 g/mol. The summed E-state index contributed by atoms with van der Waals surface area (Å²) in [5.41, 5.74) is 1.50. The number of anilines is 1. The van der Waals surface area contributed by atoms with Gasteiger partial charge in [-0.1, -0.05) is 71.2 Å². The largest absolute Gasteiger partial charge is 0.493 e. The minimum atomic E-state index is -4.40. The zero-order chi connectivity index (χ0) is 35.0. The molecule has 13 heteroatoms. The lowest BCUT2D eigenvalue weighted by atomic mass is 10.0. The highest BCUT2D eigenvalue weighted by Crippen LogP contribution is 2.33. The van der Waals surface area contributed by atoms with Crippen molar-refractivity contribution in [1.82, 2.24) is 10.2 Å². The van der Waals surface area contributed by atoms with E-state index in [1.165, 1.54) is 61.6 Å². The summed E-state index contributed by atoms with van der Waals surface area (Å²) >= 11 is 18.9. The van der Waals surface area contributed by atoms with E-state index in [2.05, 4.69) is 5.32 Å². The summed E-state index contributed by atoms with van der Waals surface area (Å²) < 4.78 is 40.3. The molecule has 254 valence electrons. The lowest BCUT2D eigenvalue weighted by Gasteiger charge is -2.34. The van der Waals surface area contributed by atoms with Crippen molar-refractivity contribution >= 4 is 62.3 Å². The van der Waals surface area contributed by atoms with Gasteiger partial charge in [-0.25, -0.2) is 8.42 Å². The van der Waals surface area contributed by atoms with Crippen molar-refractivity contribution in [2.45, 2.75) is 43.8 Å². The number of hydrogen-bond donors (Lipinski definition) is 1. The van der Waals surface area contributed by atoms with Gasteiger partial charge in [0, 0.05) is 40.1 Å². The third-order valence-corrected chi connectivity index (χ3v) is 10.0. The van der Waals surface area contributed by atoms with E-state index < -0.39 is 34.4 Å². The van der Waals surface area contributed by atoms with E-state index in [4.69, 9.17) is 44.3 Å². The maximum atomic E-state index is 14.6. The molecule has 1 N–H and O–H groups in total. The molecule has 0 radical (unpaired) electrons. The first-order valence-corrected chi connectivity index (χ1v) is 17.5. The molecule has 48 heavy (non-hydrogen) atoms. The van der Waals surface area contributed by atoms with E-state index in [9.17, 15) is 18.0 Å². The molecule has 0 heterocycles. The van der Waals surface area contributed by atoms with Crippen LogP contribution in [0, 0.1) is 0 Å². The molecule has 0 spiro atoms. The van der Waals surface area contributed by atoms with Gasteiger partial charge in [0.05, 0.1) is 24.8 Å². The zero-order valence-corrected chi connectivity index (χ0v) is 29.9. The maximum absolute atomic E-state index is 14.6. The van der Waals surface area contributed by atoms with Gasteiger partial charge in [-0.3, -0.25) is 13.9 Å². The second-order valence-electron chi connectivity index (χ2n) is 11.1. The molecule has 2 amide bonds. The van der Waals surface area contributed by atoms with Crippen LogP contribution in [0.4, 0.5) is 5.69 Å². The van der Waals surface area contributed by atoms with E-state index in [-0.39, 0.29) is 40.4 Å². The van der Waals surface area contributed by atoms with Gasteiger partial charge in [-0.05, 0) is 73.5 Å². The molecule has 0 fully saturated rings. The number of hydrogen-bond acceptors (Lipinski definition) is 6. The van der Waals surface area contributed by atoms with Crippen molar-refractivity contribution in [1.29, 1.82) is 0 Å². The number of sulfonamides is 1. The lowest BCUT2D eigenvalue weighted by Crippen LogP contribution is -2.54. The highest BCUT2D eigenvalue weighted by Gasteiger charge is 2.35. The third kappa shape index (κ3) is 9.14. The van der Waals surface area contributed by atoms with Crippen molar-refractivity contribution in [3.63, 3.8) is 0 Å². The summed E-state index contributed by atoms with van der Waals surface area (Å²) in [6.07, 6.45) is 0.152. The molecule has 0 saturated carbocycles. The topological polar surface area (TPSA) is 105 Å². The summed E-state index contributed by atoms with van der Waals surface area (Å²) in [6, 6.07) is 23.0. The maximum Gasteiger partial charge on any atom is 0.264 e. The second kappa shape index (κ2) is 16.4. The average Bonchev–Trinajstić information content (AvgIpc) is 3.06. The fourth-order valence-corrected chi connectivity index (χ4v) is 7.03. The zero-order valence-electron chi connectivity index (χ0n) is 26.8. The van der Waals surface area contributed by atoms with Crippen LogP contribution in [0.3, 0.4) is 0 Å². The number of halogens is 3. The Hall–Kier alpha value is -3.96. The molecule has 4 aromatic carbocycles. The molecule has 0 saturated heterocycles. The minimum Gasteiger partial charge on any atom is -0.493 e. The van der Waals surface area contributed by atoms with Crippen molar-refractivity contribution < 1.29 is 27.5 Å². The first-order valence-electron chi connectivity index (χ1n) is 14.9. The Balaban J connectivity index is 1.84. The molecule has 0 aliphatic carbocycles. The SMILES string of the molecule is COc1ccc(S(=O)(=O)N(CC(=O)N(Cc2ccc(Cl)cc2Cl)C(Cc2ccccc2)C(=O)NC(C)C)c2ccc(Cl)cc2)cc1OC.